The predicted octanol–water partition coefficient (Wildman–Crippen LogP) is 0.530. The number of rotatable bonds is 6. The second kappa shape index (κ2) is 5.86. The summed E-state index contributed by atoms with van der Waals surface area (Å²) < 4.78 is 0. The Morgan fingerprint density at radius 3 is 2.89 bits per heavy atom. The summed E-state index contributed by atoms with van der Waals surface area (Å²) in [5.41, 5.74) is 0.965. The lowest BCUT2D eigenvalue weighted by molar-refractivity contribution is -0.130. The van der Waals surface area contributed by atoms with Crippen LogP contribution in [-0.2, 0) is 16.1 Å². The van der Waals surface area contributed by atoms with Crippen LogP contribution in [0.3, 0.4) is 0 Å². The molecule has 0 spiro atoms. The zero-order valence-electron chi connectivity index (χ0n) is 11.3. The Morgan fingerprint density at radius 2 is 2.32 bits per heavy atom. The number of H-pyrrole nitrogens is 1. The minimum absolute atomic E-state index is 0.0188. The van der Waals surface area contributed by atoms with Gasteiger partial charge in [0.15, 0.2) is 0 Å². The maximum Gasteiger partial charge on any atom is 0.224 e. The molecule has 1 aromatic heterocycles. The van der Waals surface area contributed by atoms with Crippen molar-refractivity contribution in [2.24, 2.45) is 11.8 Å². The van der Waals surface area contributed by atoms with E-state index in [0.717, 1.165) is 12.0 Å². The van der Waals surface area contributed by atoms with Crippen molar-refractivity contribution in [1.82, 2.24) is 20.4 Å². The third-order valence-corrected chi connectivity index (χ3v) is 3.48. The van der Waals surface area contributed by atoms with E-state index in [1.807, 2.05) is 0 Å². The molecule has 104 valence electrons. The fourth-order valence-corrected chi connectivity index (χ4v) is 2.03. The van der Waals surface area contributed by atoms with E-state index in [2.05, 4.69) is 22.4 Å². The Morgan fingerprint density at radius 1 is 1.58 bits per heavy atom. The van der Waals surface area contributed by atoms with Gasteiger partial charge in [0.05, 0.1) is 6.20 Å². The van der Waals surface area contributed by atoms with Gasteiger partial charge in [-0.2, -0.15) is 5.10 Å². The standard InChI is InChI=1S/C13H20N4O2/c1-9-5-11(9)13(19)14-4-3-12(18)17(2)8-10-6-15-16-7-10/h6-7,9,11H,3-5,8H2,1-2H3,(H,14,19)(H,15,16). The molecule has 6 heteroatoms. The Labute approximate surface area is 112 Å². The Balaban J connectivity index is 1.65. The van der Waals surface area contributed by atoms with Gasteiger partial charge in [0.2, 0.25) is 11.8 Å². The van der Waals surface area contributed by atoms with Gasteiger partial charge in [-0.15, -0.1) is 0 Å². The highest BCUT2D eigenvalue weighted by Crippen LogP contribution is 2.37. The van der Waals surface area contributed by atoms with Crippen LogP contribution in [0.1, 0.15) is 25.3 Å². The van der Waals surface area contributed by atoms with Gasteiger partial charge in [-0.05, 0) is 12.3 Å². The first-order chi connectivity index (χ1) is 9.08. The summed E-state index contributed by atoms with van der Waals surface area (Å²) in [5.74, 6) is 0.765. The lowest BCUT2D eigenvalue weighted by Crippen LogP contribution is -2.32. The fourth-order valence-electron chi connectivity index (χ4n) is 2.03. The molecule has 1 heterocycles. The molecule has 0 bridgehead atoms. The van der Waals surface area contributed by atoms with Crippen LogP contribution in [0.2, 0.25) is 0 Å². The van der Waals surface area contributed by atoms with Gasteiger partial charge in [-0.3, -0.25) is 14.7 Å². The van der Waals surface area contributed by atoms with E-state index in [0.29, 0.717) is 25.4 Å². The lowest BCUT2D eigenvalue weighted by Gasteiger charge is -2.16. The second-order valence-corrected chi connectivity index (χ2v) is 5.22. The average molecular weight is 264 g/mol. The summed E-state index contributed by atoms with van der Waals surface area (Å²) in [7, 11) is 1.75. The molecule has 1 fully saturated rings. The quantitative estimate of drug-likeness (QED) is 0.786. The molecule has 0 radical (unpaired) electrons. The summed E-state index contributed by atoms with van der Waals surface area (Å²) in [6.45, 7) is 3.01. The lowest BCUT2D eigenvalue weighted by atomic mass is 10.3. The van der Waals surface area contributed by atoms with Crippen LogP contribution in [0.15, 0.2) is 12.4 Å². The van der Waals surface area contributed by atoms with Crippen LogP contribution < -0.4 is 5.32 Å². The second-order valence-electron chi connectivity index (χ2n) is 5.22. The largest absolute Gasteiger partial charge is 0.355 e. The molecule has 2 N–H and O–H groups in total. The van der Waals surface area contributed by atoms with Gasteiger partial charge in [0.25, 0.3) is 0 Å². The van der Waals surface area contributed by atoms with E-state index in [-0.39, 0.29) is 17.7 Å². The normalized spacial score (nSPS) is 20.9. The number of aromatic nitrogens is 2. The predicted molar refractivity (Wildman–Crippen MR) is 70.0 cm³/mol. The molecule has 1 saturated carbocycles. The number of amides is 2. The summed E-state index contributed by atoms with van der Waals surface area (Å²) in [4.78, 5) is 25.1. The SMILES string of the molecule is CC1CC1C(=O)NCCC(=O)N(C)Cc1cn[nH]c1. The highest BCUT2D eigenvalue weighted by molar-refractivity contribution is 5.82. The summed E-state index contributed by atoms with van der Waals surface area (Å²) in [6.07, 6.45) is 4.77. The number of carbonyl (C=O) groups is 2. The van der Waals surface area contributed by atoms with E-state index < -0.39 is 0 Å². The van der Waals surface area contributed by atoms with Crippen LogP contribution in [0.5, 0.6) is 0 Å². The fraction of sp³-hybridized carbons (Fsp3) is 0.615. The van der Waals surface area contributed by atoms with Crippen molar-refractivity contribution in [1.29, 1.82) is 0 Å². The van der Waals surface area contributed by atoms with E-state index in [4.69, 9.17) is 0 Å². The van der Waals surface area contributed by atoms with E-state index in [1.54, 1.807) is 24.3 Å². The van der Waals surface area contributed by atoms with Gasteiger partial charge in [-0.25, -0.2) is 0 Å². The average Bonchev–Trinajstić information content (AvgIpc) is 2.89. The Kier molecular flexibility index (Phi) is 4.19. The summed E-state index contributed by atoms with van der Waals surface area (Å²) in [5, 5.41) is 9.36. The van der Waals surface area contributed by atoms with Crippen molar-refractivity contribution < 1.29 is 9.59 Å². The minimum Gasteiger partial charge on any atom is -0.355 e. The first-order valence-corrected chi connectivity index (χ1v) is 6.57. The van der Waals surface area contributed by atoms with Crippen molar-refractivity contribution in [3.8, 4) is 0 Å². The van der Waals surface area contributed by atoms with Crippen LogP contribution in [0, 0.1) is 11.8 Å². The summed E-state index contributed by atoms with van der Waals surface area (Å²) >= 11 is 0. The van der Waals surface area contributed by atoms with Gasteiger partial charge in [0, 0.05) is 44.2 Å². The molecule has 2 rings (SSSR count). The monoisotopic (exact) mass is 264 g/mol. The van der Waals surface area contributed by atoms with Gasteiger partial charge in [0.1, 0.15) is 0 Å². The molecular formula is C13H20N4O2. The van der Waals surface area contributed by atoms with Crippen molar-refractivity contribution in [2.75, 3.05) is 13.6 Å². The maximum atomic E-state index is 11.8. The number of aromatic amines is 1. The van der Waals surface area contributed by atoms with E-state index in [1.165, 1.54) is 0 Å². The molecule has 0 aromatic carbocycles. The van der Waals surface area contributed by atoms with Gasteiger partial charge in [-0.1, -0.05) is 6.92 Å². The third-order valence-electron chi connectivity index (χ3n) is 3.48. The zero-order chi connectivity index (χ0) is 13.8. The molecule has 0 aliphatic heterocycles. The Hall–Kier alpha value is -1.85. The third kappa shape index (κ3) is 3.81. The molecule has 2 atom stereocenters. The van der Waals surface area contributed by atoms with E-state index in [9.17, 15) is 9.59 Å². The number of carbonyl (C=O) groups excluding carboxylic acids is 2. The molecule has 0 saturated heterocycles. The first-order valence-electron chi connectivity index (χ1n) is 6.57. The summed E-state index contributed by atoms with van der Waals surface area (Å²) in [6, 6.07) is 0. The van der Waals surface area contributed by atoms with Crippen LogP contribution in [-0.4, -0.2) is 40.5 Å². The number of nitrogens with zero attached hydrogens (tertiary/aromatic N) is 2. The molecule has 2 amide bonds. The number of nitrogens with one attached hydrogen (secondary N) is 2. The smallest absolute Gasteiger partial charge is 0.224 e. The van der Waals surface area contributed by atoms with Crippen LogP contribution in [0.4, 0.5) is 0 Å². The topological polar surface area (TPSA) is 78.1 Å². The van der Waals surface area contributed by atoms with Crippen LogP contribution in [0.25, 0.3) is 0 Å². The van der Waals surface area contributed by atoms with Crippen molar-refractivity contribution in [2.45, 2.75) is 26.3 Å². The molecule has 2 unspecified atom stereocenters. The minimum atomic E-state index is 0.0188. The number of hydrogen-bond acceptors (Lipinski definition) is 3. The molecule has 6 nitrogen and oxygen atoms in total. The Bertz CT molecular complexity index is 444. The number of hydrogen-bond donors (Lipinski definition) is 2. The van der Waals surface area contributed by atoms with Gasteiger partial charge < -0.3 is 10.2 Å². The molecule has 1 aromatic rings. The maximum absolute atomic E-state index is 11.8. The zero-order valence-corrected chi connectivity index (χ0v) is 11.3. The molecule has 1 aliphatic carbocycles. The highest BCUT2D eigenvalue weighted by atomic mass is 16.2. The van der Waals surface area contributed by atoms with Crippen LogP contribution >= 0.6 is 0 Å². The van der Waals surface area contributed by atoms with E-state index >= 15 is 0 Å². The first kappa shape index (κ1) is 13.6. The molecular weight excluding hydrogens is 244 g/mol. The molecule has 1 aliphatic rings. The van der Waals surface area contributed by atoms with Crippen molar-refractivity contribution in [3.63, 3.8) is 0 Å². The van der Waals surface area contributed by atoms with Crippen molar-refractivity contribution in [3.05, 3.63) is 18.0 Å². The van der Waals surface area contributed by atoms with Crippen molar-refractivity contribution >= 4 is 11.8 Å². The highest BCUT2D eigenvalue weighted by Gasteiger charge is 2.38. The van der Waals surface area contributed by atoms with Gasteiger partial charge >= 0.3 is 0 Å². The molecule has 19 heavy (non-hydrogen) atoms.